The molecule has 6 nitrogen and oxygen atoms in total. The molecule has 0 aromatic heterocycles. The van der Waals surface area contributed by atoms with Crippen LogP contribution in [-0.4, -0.2) is 68.6 Å². The zero-order valence-electron chi connectivity index (χ0n) is 11.3. The fraction of sp³-hybridized carbons (Fsp3) is 1.00. The largest absolute Gasteiger partial charge is 0.395 e. The van der Waals surface area contributed by atoms with Crippen molar-refractivity contribution in [1.29, 1.82) is 0 Å². The number of sulfonamides is 1. The van der Waals surface area contributed by atoms with Crippen molar-refractivity contribution in [3.8, 4) is 0 Å². The van der Waals surface area contributed by atoms with Gasteiger partial charge in [-0.15, -0.1) is 0 Å². The lowest BCUT2D eigenvalue weighted by Gasteiger charge is -2.25. The summed E-state index contributed by atoms with van der Waals surface area (Å²) >= 11 is 0. The molecule has 0 saturated carbocycles. The van der Waals surface area contributed by atoms with E-state index in [0.717, 1.165) is 32.2 Å². The molecule has 2 saturated heterocycles. The van der Waals surface area contributed by atoms with Gasteiger partial charge in [0.2, 0.25) is 10.0 Å². The van der Waals surface area contributed by atoms with Crippen LogP contribution in [0.2, 0.25) is 0 Å². The molecule has 2 atom stereocenters. The summed E-state index contributed by atoms with van der Waals surface area (Å²) < 4.78 is 31.6. The molecule has 2 unspecified atom stereocenters. The van der Waals surface area contributed by atoms with Gasteiger partial charge in [-0.2, -0.15) is 4.31 Å². The molecule has 0 aliphatic carbocycles. The van der Waals surface area contributed by atoms with Crippen LogP contribution in [0.3, 0.4) is 0 Å². The Morgan fingerprint density at radius 2 is 2.16 bits per heavy atom. The Kier molecular flexibility index (Phi) is 5.58. The molecule has 112 valence electrons. The number of aliphatic hydroxyl groups excluding tert-OH is 1. The highest BCUT2D eigenvalue weighted by Gasteiger charge is 2.30. The lowest BCUT2D eigenvalue weighted by molar-refractivity contribution is 0.126. The Hall–Kier alpha value is -0.210. The van der Waals surface area contributed by atoms with Gasteiger partial charge in [-0.25, -0.2) is 8.42 Å². The maximum Gasteiger partial charge on any atom is 0.216 e. The van der Waals surface area contributed by atoms with Crippen molar-refractivity contribution in [1.82, 2.24) is 9.62 Å². The molecule has 0 bridgehead atoms. The maximum absolute atomic E-state index is 12.4. The topological polar surface area (TPSA) is 78.9 Å². The van der Waals surface area contributed by atoms with Gasteiger partial charge in [-0.05, 0) is 32.2 Å². The molecule has 0 aromatic carbocycles. The Balaban J connectivity index is 1.94. The van der Waals surface area contributed by atoms with E-state index in [4.69, 9.17) is 9.84 Å². The number of hydrogen-bond donors (Lipinski definition) is 2. The van der Waals surface area contributed by atoms with Gasteiger partial charge in [0, 0.05) is 25.7 Å². The fourth-order valence-electron chi connectivity index (χ4n) is 2.73. The number of hydrogen-bond acceptors (Lipinski definition) is 5. The molecule has 0 amide bonds. The Bertz CT molecular complexity index is 362. The Morgan fingerprint density at radius 3 is 2.74 bits per heavy atom. The van der Waals surface area contributed by atoms with Gasteiger partial charge < -0.3 is 15.2 Å². The number of aliphatic hydroxyl groups is 1. The molecule has 2 aliphatic heterocycles. The number of rotatable bonds is 7. The van der Waals surface area contributed by atoms with Gasteiger partial charge >= 0.3 is 0 Å². The van der Waals surface area contributed by atoms with E-state index >= 15 is 0 Å². The highest BCUT2D eigenvalue weighted by Crippen LogP contribution is 2.17. The summed E-state index contributed by atoms with van der Waals surface area (Å²) in [6, 6.07) is 0.214. The lowest BCUT2D eigenvalue weighted by atomic mass is 10.2. The van der Waals surface area contributed by atoms with Crippen LogP contribution in [0.25, 0.3) is 0 Å². The van der Waals surface area contributed by atoms with Crippen LogP contribution < -0.4 is 5.32 Å². The summed E-state index contributed by atoms with van der Waals surface area (Å²) in [6.45, 7) is 2.09. The minimum atomic E-state index is -3.35. The molecule has 2 N–H and O–H groups in total. The first-order valence-electron chi connectivity index (χ1n) is 7.05. The molecule has 0 aromatic rings. The van der Waals surface area contributed by atoms with Crippen LogP contribution in [0.15, 0.2) is 0 Å². The molecule has 2 rings (SSSR count). The minimum absolute atomic E-state index is 0.0414. The van der Waals surface area contributed by atoms with E-state index in [9.17, 15) is 8.42 Å². The second-order valence-corrected chi connectivity index (χ2v) is 7.30. The van der Waals surface area contributed by atoms with Crippen molar-refractivity contribution >= 4 is 10.0 Å². The van der Waals surface area contributed by atoms with Crippen LogP contribution in [0.1, 0.15) is 25.7 Å². The highest BCUT2D eigenvalue weighted by molar-refractivity contribution is 7.89. The summed E-state index contributed by atoms with van der Waals surface area (Å²) in [5.41, 5.74) is 0. The third-order valence-electron chi connectivity index (χ3n) is 3.75. The van der Waals surface area contributed by atoms with E-state index in [1.165, 1.54) is 4.31 Å². The second-order valence-electron chi connectivity index (χ2n) is 5.29. The van der Waals surface area contributed by atoms with Crippen molar-refractivity contribution < 1.29 is 18.3 Å². The average Bonchev–Trinajstić information content (AvgIpc) is 3.01. The molecule has 2 heterocycles. The number of nitrogens with zero attached hydrogens (tertiary/aromatic N) is 1. The van der Waals surface area contributed by atoms with Crippen LogP contribution in [-0.2, 0) is 14.8 Å². The van der Waals surface area contributed by atoms with Crippen molar-refractivity contribution in [3.63, 3.8) is 0 Å². The normalized spacial score (nSPS) is 28.3. The molecular formula is C12H24N2O4S. The molecule has 0 spiro atoms. The van der Waals surface area contributed by atoms with Crippen LogP contribution in [0.5, 0.6) is 0 Å². The molecular weight excluding hydrogens is 268 g/mol. The minimum Gasteiger partial charge on any atom is -0.395 e. The summed E-state index contributed by atoms with van der Waals surface area (Å²) in [5, 5.41) is 12.4. The molecule has 19 heavy (non-hydrogen) atoms. The van der Waals surface area contributed by atoms with E-state index < -0.39 is 10.0 Å². The summed E-state index contributed by atoms with van der Waals surface area (Å²) in [5.74, 6) is 0.0414. The van der Waals surface area contributed by atoms with Gasteiger partial charge in [-0.1, -0.05) is 0 Å². The van der Waals surface area contributed by atoms with E-state index in [1.807, 2.05) is 0 Å². The standard InChI is InChI=1S/C12H24N2O4S/c15-7-6-14(9-11-3-1-5-13-11)19(16,17)10-12-4-2-8-18-12/h11-13,15H,1-10H2. The maximum atomic E-state index is 12.4. The molecule has 2 aliphatic rings. The van der Waals surface area contributed by atoms with Gasteiger partial charge in [0.15, 0.2) is 0 Å². The van der Waals surface area contributed by atoms with E-state index in [0.29, 0.717) is 13.2 Å². The third-order valence-corrected chi connectivity index (χ3v) is 5.66. The first-order chi connectivity index (χ1) is 9.12. The SMILES string of the molecule is O=S(=O)(CC1CCCO1)N(CCO)CC1CCCN1. The third kappa shape index (κ3) is 4.39. The van der Waals surface area contributed by atoms with Crippen molar-refractivity contribution in [2.24, 2.45) is 0 Å². The summed E-state index contributed by atoms with van der Waals surface area (Å²) in [7, 11) is -3.35. The predicted molar refractivity (Wildman–Crippen MR) is 72.4 cm³/mol. The average molecular weight is 292 g/mol. The Morgan fingerprint density at radius 1 is 1.32 bits per heavy atom. The van der Waals surface area contributed by atoms with Crippen molar-refractivity contribution in [2.45, 2.75) is 37.8 Å². The van der Waals surface area contributed by atoms with E-state index in [2.05, 4.69) is 5.32 Å². The zero-order chi connectivity index (χ0) is 13.7. The Labute approximate surface area is 115 Å². The molecule has 0 radical (unpaired) electrons. The molecule has 2 fully saturated rings. The highest BCUT2D eigenvalue weighted by atomic mass is 32.2. The first kappa shape index (κ1) is 15.2. The van der Waals surface area contributed by atoms with Gasteiger partial charge in [0.25, 0.3) is 0 Å². The fourth-order valence-corrected chi connectivity index (χ4v) is 4.44. The smallest absolute Gasteiger partial charge is 0.216 e. The van der Waals surface area contributed by atoms with Crippen LogP contribution >= 0.6 is 0 Å². The summed E-state index contributed by atoms with van der Waals surface area (Å²) in [6.07, 6.45) is 3.65. The second kappa shape index (κ2) is 6.99. The van der Waals surface area contributed by atoms with Gasteiger partial charge in [-0.3, -0.25) is 0 Å². The van der Waals surface area contributed by atoms with E-state index in [1.54, 1.807) is 0 Å². The zero-order valence-corrected chi connectivity index (χ0v) is 12.1. The quantitative estimate of drug-likeness (QED) is 0.664. The predicted octanol–water partition coefficient (Wildman–Crippen LogP) is -0.458. The first-order valence-corrected chi connectivity index (χ1v) is 8.66. The molecule has 7 heteroatoms. The van der Waals surface area contributed by atoms with Crippen LogP contribution in [0, 0.1) is 0 Å². The van der Waals surface area contributed by atoms with Crippen LogP contribution in [0.4, 0.5) is 0 Å². The lowest BCUT2D eigenvalue weighted by Crippen LogP contribution is -2.44. The van der Waals surface area contributed by atoms with E-state index in [-0.39, 0.29) is 31.1 Å². The van der Waals surface area contributed by atoms with Gasteiger partial charge in [0.1, 0.15) is 0 Å². The summed E-state index contributed by atoms with van der Waals surface area (Å²) in [4.78, 5) is 0. The number of nitrogens with one attached hydrogen (secondary N) is 1. The van der Waals surface area contributed by atoms with Gasteiger partial charge in [0.05, 0.1) is 18.5 Å². The number of ether oxygens (including phenoxy) is 1. The monoisotopic (exact) mass is 292 g/mol. The van der Waals surface area contributed by atoms with Crippen molar-refractivity contribution in [2.75, 3.05) is 38.6 Å². The van der Waals surface area contributed by atoms with Crippen molar-refractivity contribution in [3.05, 3.63) is 0 Å².